The highest BCUT2D eigenvalue weighted by Crippen LogP contribution is 2.17. The second-order valence-corrected chi connectivity index (χ2v) is 5.71. The van der Waals surface area contributed by atoms with Crippen molar-refractivity contribution in [1.29, 1.82) is 0 Å². The van der Waals surface area contributed by atoms with Crippen LogP contribution in [0.2, 0.25) is 0 Å². The quantitative estimate of drug-likeness (QED) is 0.552. The summed E-state index contributed by atoms with van der Waals surface area (Å²) in [6.45, 7) is 4.89. The van der Waals surface area contributed by atoms with Gasteiger partial charge in [0, 0.05) is 5.56 Å². The highest BCUT2D eigenvalue weighted by Gasteiger charge is 2.03. The van der Waals surface area contributed by atoms with Crippen molar-refractivity contribution in [3.8, 4) is 11.5 Å². The fraction of sp³-hybridized carbons (Fsp3) is 0.250. The molecule has 0 spiro atoms. The number of benzene rings is 2. The first-order valence-corrected chi connectivity index (χ1v) is 7.68. The van der Waals surface area contributed by atoms with Crippen LogP contribution in [0.5, 0.6) is 11.5 Å². The van der Waals surface area contributed by atoms with Crippen LogP contribution >= 0.6 is 0 Å². The molecule has 2 rings (SSSR count). The Bertz CT molecular complexity index is 687. The predicted octanol–water partition coefficient (Wildman–Crippen LogP) is 4.63. The number of ether oxygens (including phenoxy) is 2. The number of methoxy groups -OCH3 is 1. The summed E-state index contributed by atoms with van der Waals surface area (Å²) in [6.07, 6.45) is 3.36. The topological polar surface area (TPSA) is 35.5 Å². The Hall–Kier alpha value is -2.55. The Kier molecular flexibility index (Phi) is 5.98. The van der Waals surface area contributed by atoms with Crippen LogP contribution in [-0.2, 0) is 0 Å². The van der Waals surface area contributed by atoms with E-state index in [4.69, 9.17) is 9.47 Å². The fourth-order valence-electron chi connectivity index (χ4n) is 2.02. The summed E-state index contributed by atoms with van der Waals surface area (Å²) >= 11 is 0. The van der Waals surface area contributed by atoms with Crippen LogP contribution < -0.4 is 9.47 Å². The van der Waals surface area contributed by atoms with E-state index in [2.05, 4.69) is 13.8 Å². The van der Waals surface area contributed by atoms with Gasteiger partial charge in [-0.15, -0.1) is 0 Å². The molecule has 0 aliphatic heterocycles. The van der Waals surface area contributed by atoms with E-state index in [9.17, 15) is 4.79 Å². The maximum absolute atomic E-state index is 12.2. The number of carbonyl (C=O) groups excluding carboxylic acids is 1. The zero-order valence-corrected chi connectivity index (χ0v) is 13.8. The minimum Gasteiger partial charge on any atom is -0.497 e. The van der Waals surface area contributed by atoms with Crippen LogP contribution in [0.4, 0.5) is 0 Å². The summed E-state index contributed by atoms with van der Waals surface area (Å²) in [7, 11) is 1.59. The van der Waals surface area contributed by atoms with Gasteiger partial charge in [0.15, 0.2) is 5.78 Å². The number of carbonyl (C=O) groups is 1. The van der Waals surface area contributed by atoms with Gasteiger partial charge in [-0.2, -0.15) is 0 Å². The van der Waals surface area contributed by atoms with Crippen molar-refractivity contribution in [2.24, 2.45) is 5.92 Å². The van der Waals surface area contributed by atoms with Gasteiger partial charge in [-0.05, 0) is 41.8 Å². The number of hydrogen-bond donors (Lipinski definition) is 0. The third kappa shape index (κ3) is 5.29. The molecule has 0 bridgehead atoms. The molecule has 0 saturated carbocycles. The maximum atomic E-state index is 12.2. The van der Waals surface area contributed by atoms with E-state index in [1.807, 2.05) is 30.3 Å². The predicted molar refractivity (Wildman–Crippen MR) is 93.1 cm³/mol. The average molecular weight is 310 g/mol. The van der Waals surface area contributed by atoms with E-state index in [-0.39, 0.29) is 5.78 Å². The van der Waals surface area contributed by atoms with Crippen molar-refractivity contribution in [2.45, 2.75) is 13.8 Å². The Morgan fingerprint density at radius 1 is 1.09 bits per heavy atom. The van der Waals surface area contributed by atoms with Gasteiger partial charge in [0.1, 0.15) is 11.5 Å². The first-order chi connectivity index (χ1) is 11.1. The monoisotopic (exact) mass is 310 g/mol. The van der Waals surface area contributed by atoms with E-state index in [0.717, 1.165) is 11.3 Å². The summed E-state index contributed by atoms with van der Waals surface area (Å²) in [5.74, 6) is 1.91. The van der Waals surface area contributed by atoms with Crippen molar-refractivity contribution < 1.29 is 14.3 Å². The van der Waals surface area contributed by atoms with Crippen molar-refractivity contribution in [2.75, 3.05) is 13.7 Å². The van der Waals surface area contributed by atoms with E-state index in [1.54, 1.807) is 37.5 Å². The fourth-order valence-corrected chi connectivity index (χ4v) is 2.02. The molecule has 0 aliphatic carbocycles. The number of rotatable bonds is 7. The smallest absolute Gasteiger partial charge is 0.185 e. The molecule has 0 aliphatic rings. The minimum absolute atomic E-state index is 0.0580. The molecule has 2 aromatic rings. The normalized spacial score (nSPS) is 11.0. The van der Waals surface area contributed by atoms with Gasteiger partial charge < -0.3 is 9.47 Å². The molecule has 0 heterocycles. The molecule has 0 N–H and O–H groups in total. The van der Waals surface area contributed by atoms with Crippen LogP contribution in [-0.4, -0.2) is 19.5 Å². The molecule has 120 valence electrons. The summed E-state index contributed by atoms with van der Waals surface area (Å²) < 4.78 is 10.8. The molecule has 0 radical (unpaired) electrons. The number of ketones is 1. The van der Waals surface area contributed by atoms with Gasteiger partial charge in [-0.25, -0.2) is 0 Å². The van der Waals surface area contributed by atoms with Gasteiger partial charge in [-0.3, -0.25) is 4.79 Å². The largest absolute Gasteiger partial charge is 0.497 e. The van der Waals surface area contributed by atoms with Gasteiger partial charge >= 0.3 is 0 Å². The second-order valence-electron chi connectivity index (χ2n) is 5.71. The van der Waals surface area contributed by atoms with E-state index < -0.39 is 0 Å². The van der Waals surface area contributed by atoms with E-state index >= 15 is 0 Å². The highest BCUT2D eigenvalue weighted by atomic mass is 16.5. The number of allylic oxidation sites excluding steroid dienone is 1. The van der Waals surface area contributed by atoms with Gasteiger partial charge in [0.2, 0.25) is 0 Å². The molecule has 0 unspecified atom stereocenters. The van der Waals surface area contributed by atoms with Crippen molar-refractivity contribution >= 4 is 11.9 Å². The third-order valence-corrected chi connectivity index (χ3v) is 3.22. The summed E-state index contributed by atoms with van der Waals surface area (Å²) in [6, 6.07) is 14.8. The molecule has 0 fully saturated rings. The molecule has 3 heteroatoms. The number of hydrogen-bond acceptors (Lipinski definition) is 3. The third-order valence-electron chi connectivity index (χ3n) is 3.22. The van der Waals surface area contributed by atoms with Crippen LogP contribution in [0.1, 0.15) is 29.8 Å². The molecule has 0 aromatic heterocycles. The molecule has 0 atom stereocenters. The Balaban J connectivity index is 2.07. The van der Waals surface area contributed by atoms with Crippen molar-refractivity contribution in [3.05, 3.63) is 65.7 Å². The lowest BCUT2D eigenvalue weighted by Crippen LogP contribution is -2.04. The van der Waals surface area contributed by atoms with E-state index in [0.29, 0.717) is 23.8 Å². The molecule has 23 heavy (non-hydrogen) atoms. The Labute approximate surface area is 137 Å². The first kappa shape index (κ1) is 16.8. The first-order valence-electron chi connectivity index (χ1n) is 7.68. The highest BCUT2D eigenvalue weighted by molar-refractivity contribution is 6.07. The summed E-state index contributed by atoms with van der Waals surface area (Å²) in [5, 5.41) is 0. The Morgan fingerprint density at radius 3 is 2.57 bits per heavy atom. The van der Waals surface area contributed by atoms with Gasteiger partial charge in [0.05, 0.1) is 13.7 Å². The van der Waals surface area contributed by atoms with Crippen LogP contribution in [0.25, 0.3) is 6.08 Å². The minimum atomic E-state index is -0.0580. The maximum Gasteiger partial charge on any atom is 0.185 e. The summed E-state index contributed by atoms with van der Waals surface area (Å²) in [5.41, 5.74) is 1.54. The van der Waals surface area contributed by atoms with Crippen molar-refractivity contribution in [3.63, 3.8) is 0 Å². The second kappa shape index (κ2) is 8.18. The lowest BCUT2D eigenvalue weighted by Gasteiger charge is -2.08. The Morgan fingerprint density at radius 2 is 1.83 bits per heavy atom. The molecule has 2 aromatic carbocycles. The van der Waals surface area contributed by atoms with Gasteiger partial charge in [0.25, 0.3) is 0 Å². The lowest BCUT2D eigenvalue weighted by molar-refractivity contribution is 0.104. The molecule has 0 saturated heterocycles. The van der Waals surface area contributed by atoms with Crippen LogP contribution in [0, 0.1) is 5.92 Å². The summed E-state index contributed by atoms with van der Waals surface area (Å²) in [4.78, 5) is 12.2. The SMILES string of the molecule is COc1cccc(C(=O)/C=C/c2cccc(OCC(C)C)c2)c1. The zero-order chi connectivity index (χ0) is 16.7. The molecule has 0 amide bonds. The van der Waals surface area contributed by atoms with Crippen LogP contribution in [0.3, 0.4) is 0 Å². The average Bonchev–Trinajstić information content (AvgIpc) is 2.58. The standard InChI is InChI=1S/C20H22O3/c1-15(2)14-23-19-9-4-6-16(12-19)10-11-20(21)17-7-5-8-18(13-17)22-3/h4-13,15H,14H2,1-3H3/b11-10+. The zero-order valence-electron chi connectivity index (χ0n) is 13.8. The molecule has 3 nitrogen and oxygen atoms in total. The lowest BCUT2D eigenvalue weighted by atomic mass is 10.1. The van der Waals surface area contributed by atoms with Crippen LogP contribution in [0.15, 0.2) is 54.6 Å². The molecular weight excluding hydrogens is 288 g/mol. The van der Waals surface area contributed by atoms with Crippen molar-refractivity contribution in [1.82, 2.24) is 0 Å². The van der Waals surface area contributed by atoms with Gasteiger partial charge in [-0.1, -0.05) is 44.2 Å². The molecular formula is C20H22O3. The van der Waals surface area contributed by atoms with E-state index in [1.165, 1.54) is 0 Å².